The van der Waals surface area contributed by atoms with Crippen molar-refractivity contribution in [3.8, 4) is 0 Å². The van der Waals surface area contributed by atoms with Gasteiger partial charge < -0.3 is 10.0 Å². The standard InChI is InChI=1S/C6H11BN2O2/c1-5(2)9-4-6(3-8-9)7(10)11/h3-5,10-11H,1-2H3. The van der Waals surface area contributed by atoms with Crippen LogP contribution >= 0.6 is 0 Å². The molecule has 0 saturated carbocycles. The van der Waals surface area contributed by atoms with Gasteiger partial charge in [0.05, 0.1) is 0 Å². The zero-order valence-corrected chi connectivity index (χ0v) is 6.60. The van der Waals surface area contributed by atoms with Gasteiger partial charge in [-0.15, -0.1) is 0 Å². The van der Waals surface area contributed by atoms with Gasteiger partial charge in [0.25, 0.3) is 0 Å². The molecule has 0 aromatic carbocycles. The second kappa shape index (κ2) is 3.06. The molecule has 5 heteroatoms. The molecule has 60 valence electrons. The average molecular weight is 154 g/mol. The first kappa shape index (κ1) is 8.29. The molecule has 0 aliphatic rings. The smallest absolute Gasteiger partial charge is 0.423 e. The Kier molecular flexibility index (Phi) is 2.31. The number of hydrogen-bond donors (Lipinski definition) is 2. The summed E-state index contributed by atoms with van der Waals surface area (Å²) in [5, 5.41) is 21.4. The normalized spacial score (nSPS) is 10.6. The van der Waals surface area contributed by atoms with Gasteiger partial charge in [-0.1, -0.05) is 0 Å². The van der Waals surface area contributed by atoms with Crippen molar-refractivity contribution in [3.63, 3.8) is 0 Å². The molecule has 1 aromatic heterocycles. The van der Waals surface area contributed by atoms with E-state index in [4.69, 9.17) is 10.0 Å². The Hall–Kier alpha value is -0.805. The third-order valence-corrected chi connectivity index (χ3v) is 1.45. The van der Waals surface area contributed by atoms with E-state index < -0.39 is 7.12 Å². The van der Waals surface area contributed by atoms with Crippen LogP contribution in [-0.2, 0) is 0 Å². The molecule has 1 aromatic rings. The molecule has 4 nitrogen and oxygen atoms in total. The van der Waals surface area contributed by atoms with Gasteiger partial charge in [0.15, 0.2) is 0 Å². The van der Waals surface area contributed by atoms with Gasteiger partial charge in [0, 0.05) is 23.9 Å². The molecule has 0 saturated heterocycles. The monoisotopic (exact) mass is 154 g/mol. The van der Waals surface area contributed by atoms with Crippen molar-refractivity contribution in [2.75, 3.05) is 0 Å². The lowest BCUT2D eigenvalue weighted by Crippen LogP contribution is -2.28. The molecule has 0 aliphatic heterocycles. The highest BCUT2D eigenvalue weighted by Crippen LogP contribution is 1.98. The maximum Gasteiger partial charge on any atom is 0.491 e. The van der Waals surface area contributed by atoms with Gasteiger partial charge >= 0.3 is 7.12 Å². The molecule has 0 spiro atoms. The molecule has 0 bridgehead atoms. The van der Waals surface area contributed by atoms with E-state index in [9.17, 15) is 0 Å². The van der Waals surface area contributed by atoms with E-state index in [2.05, 4.69) is 5.10 Å². The van der Waals surface area contributed by atoms with E-state index in [-0.39, 0.29) is 6.04 Å². The summed E-state index contributed by atoms with van der Waals surface area (Å²) in [6.45, 7) is 3.95. The van der Waals surface area contributed by atoms with E-state index in [0.717, 1.165) is 0 Å². The van der Waals surface area contributed by atoms with Crippen LogP contribution in [0.5, 0.6) is 0 Å². The van der Waals surface area contributed by atoms with E-state index in [1.165, 1.54) is 6.20 Å². The minimum absolute atomic E-state index is 0.252. The Morgan fingerprint density at radius 1 is 1.55 bits per heavy atom. The van der Waals surface area contributed by atoms with Crippen LogP contribution in [0.4, 0.5) is 0 Å². The van der Waals surface area contributed by atoms with Crippen LogP contribution in [-0.4, -0.2) is 26.9 Å². The summed E-state index contributed by atoms with van der Waals surface area (Å²) < 4.78 is 1.68. The van der Waals surface area contributed by atoms with Crippen LogP contribution in [0.1, 0.15) is 19.9 Å². The van der Waals surface area contributed by atoms with Crippen LogP contribution in [0.15, 0.2) is 12.4 Å². The molecule has 0 radical (unpaired) electrons. The first-order valence-corrected chi connectivity index (χ1v) is 3.51. The molecular weight excluding hydrogens is 143 g/mol. The molecule has 1 rings (SSSR count). The molecule has 0 unspecified atom stereocenters. The van der Waals surface area contributed by atoms with Gasteiger partial charge in [-0.3, -0.25) is 4.68 Å². The highest BCUT2D eigenvalue weighted by molar-refractivity contribution is 6.58. The average Bonchev–Trinajstić information content (AvgIpc) is 2.33. The molecule has 2 N–H and O–H groups in total. The third-order valence-electron chi connectivity index (χ3n) is 1.45. The minimum Gasteiger partial charge on any atom is -0.423 e. The van der Waals surface area contributed by atoms with Gasteiger partial charge in [-0.2, -0.15) is 5.10 Å². The second-order valence-electron chi connectivity index (χ2n) is 2.72. The van der Waals surface area contributed by atoms with Crippen LogP contribution < -0.4 is 5.46 Å². The molecular formula is C6H11BN2O2. The van der Waals surface area contributed by atoms with Crippen molar-refractivity contribution in [1.29, 1.82) is 0 Å². The van der Waals surface area contributed by atoms with Crippen molar-refractivity contribution in [3.05, 3.63) is 12.4 Å². The van der Waals surface area contributed by atoms with Crippen molar-refractivity contribution in [2.45, 2.75) is 19.9 Å². The van der Waals surface area contributed by atoms with Gasteiger partial charge in [0.1, 0.15) is 0 Å². The number of hydrogen-bond acceptors (Lipinski definition) is 3. The summed E-state index contributed by atoms with van der Waals surface area (Å²) in [6.07, 6.45) is 3.07. The Morgan fingerprint density at radius 3 is 2.45 bits per heavy atom. The summed E-state index contributed by atoms with van der Waals surface area (Å²) >= 11 is 0. The predicted molar refractivity (Wildman–Crippen MR) is 42.4 cm³/mol. The number of nitrogens with zero attached hydrogens (tertiary/aromatic N) is 2. The van der Waals surface area contributed by atoms with Crippen molar-refractivity contribution >= 4 is 12.6 Å². The highest BCUT2D eigenvalue weighted by Gasteiger charge is 2.13. The second-order valence-corrected chi connectivity index (χ2v) is 2.72. The van der Waals surface area contributed by atoms with Gasteiger partial charge in [-0.25, -0.2) is 0 Å². The molecule has 0 fully saturated rings. The quantitative estimate of drug-likeness (QED) is 0.545. The fourth-order valence-electron chi connectivity index (χ4n) is 0.768. The summed E-state index contributed by atoms with van der Waals surface area (Å²) in [7, 11) is -1.41. The largest absolute Gasteiger partial charge is 0.491 e. The Morgan fingerprint density at radius 2 is 2.18 bits per heavy atom. The Bertz CT molecular complexity index is 212. The van der Waals surface area contributed by atoms with E-state index in [1.807, 2.05) is 13.8 Å². The van der Waals surface area contributed by atoms with E-state index >= 15 is 0 Å². The fourth-order valence-corrected chi connectivity index (χ4v) is 0.768. The summed E-state index contributed by atoms with van der Waals surface area (Å²) in [5.74, 6) is 0. The highest BCUT2D eigenvalue weighted by atomic mass is 16.4. The maximum atomic E-state index is 8.72. The van der Waals surface area contributed by atoms with Crippen LogP contribution in [0.25, 0.3) is 0 Å². The molecule has 1 heterocycles. The van der Waals surface area contributed by atoms with E-state index in [1.54, 1.807) is 10.9 Å². The lowest BCUT2D eigenvalue weighted by atomic mass is 9.83. The third kappa shape index (κ3) is 1.81. The SMILES string of the molecule is CC(C)n1cc(B(O)O)cn1. The topological polar surface area (TPSA) is 58.3 Å². The summed E-state index contributed by atoms with van der Waals surface area (Å²) in [6, 6.07) is 0.252. The lowest BCUT2D eigenvalue weighted by molar-refractivity contribution is 0.425. The van der Waals surface area contributed by atoms with Crippen molar-refractivity contribution in [1.82, 2.24) is 9.78 Å². The van der Waals surface area contributed by atoms with Crippen molar-refractivity contribution < 1.29 is 10.0 Å². The van der Waals surface area contributed by atoms with Crippen molar-refractivity contribution in [2.24, 2.45) is 0 Å². The number of rotatable bonds is 2. The first-order chi connectivity index (χ1) is 5.11. The zero-order chi connectivity index (χ0) is 8.43. The Labute approximate surface area is 65.6 Å². The van der Waals surface area contributed by atoms with Gasteiger partial charge in [-0.05, 0) is 13.8 Å². The van der Waals surface area contributed by atoms with Crippen LogP contribution in [0.2, 0.25) is 0 Å². The van der Waals surface area contributed by atoms with E-state index in [0.29, 0.717) is 5.46 Å². The number of aromatic nitrogens is 2. The summed E-state index contributed by atoms with van der Waals surface area (Å²) in [5.41, 5.74) is 0.429. The maximum absolute atomic E-state index is 8.72. The molecule has 0 aliphatic carbocycles. The lowest BCUT2D eigenvalue weighted by Gasteiger charge is -2.02. The van der Waals surface area contributed by atoms with Crippen LogP contribution in [0, 0.1) is 0 Å². The fraction of sp³-hybridized carbons (Fsp3) is 0.500. The minimum atomic E-state index is -1.41. The zero-order valence-electron chi connectivity index (χ0n) is 6.60. The predicted octanol–water partition coefficient (Wildman–Crippen LogP) is -0.856. The molecule has 11 heavy (non-hydrogen) atoms. The molecule has 0 atom stereocenters. The summed E-state index contributed by atoms with van der Waals surface area (Å²) in [4.78, 5) is 0. The van der Waals surface area contributed by atoms with Crippen LogP contribution in [0.3, 0.4) is 0 Å². The first-order valence-electron chi connectivity index (χ1n) is 3.51. The Balaban J connectivity index is 2.82. The van der Waals surface area contributed by atoms with Gasteiger partial charge in [0.2, 0.25) is 0 Å². The molecule has 0 amide bonds.